The molecular formula is C15H13BrN2O2. The van der Waals surface area contributed by atoms with Crippen LogP contribution in [-0.2, 0) is 0 Å². The molecule has 0 N–H and O–H groups in total. The minimum atomic E-state index is -0.0399. The van der Waals surface area contributed by atoms with Gasteiger partial charge in [-0.05, 0) is 37.3 Å². The Hall–Kier alpha value is -1.88. The summed E-state index contributed by atoms with van der Waals surface area (Å²) in [7, 11) is 0. The van der Waals surface area contributed by atoms with Gasteiger partial charge in [-0.2, -0.15) is 0 Å². The van der Waals surface area contributed by atoms with Crippen molar-refractivity contribution >= 4 is 27.5 Å². The highest BCUT2D eigenvalue weighted by Gasteiger charge is 2.28. The molecule has 0 radical (unpaired) electrons. The Morgan fingerprint density at radius 3 is 2.85 bits per heavy atom. The van der Waals surface area contributed by atoms with Gasteiger partial charge in [0, 0.05) is 22.4 Å². The molecule has 1 aliphatic rings. The molecule has 0 aliphatic carbocycles. The normalized spacial score (nSPS) is 17.3. The average molecular weight is 333 g/mol. The second-order valence-electron chi connectivity index (χ2n) is 4.69. The van der Waals surface area contributed by atoms with Crippen LogP contribution in [0, 0.1) is 0 Å². The van der Waals surface area contributed by atoms with Crippen molar-refractivity contribution in [2.24, 2.45) is 0 Å². The van der Waals surface area contributed by atoms with Crippen LogP contribution in [0.3, 0.4) is 0 Å². The third kappa shape index (κ3) is 2.41. The topological polar surface area (TPSA) is 42.4 Å². The maximum atomic E-state index is 12.6. The maximum absolute atomic E-state index is 12.6. The lowest BCUT2D eigenvalue weighted by Crippen LogP contribution is -2.42. The fourth-order valence-corrected chi connectivity index (χ4v) is 2.60. The number of carbonyl (C=O) groups excluding carboxylic acids is 1. The number of nitrogens with zero attached hydrogens (tertiary/aromatic N) is 2. The number of fused-ring (bicyclic) bond motifs is 1. The lowest BCUT2D eigenvalue weighted by atomic mass is 10.1. The Labute approximate surface area is 125 Å². The highest BCUT2D eigenvalue weighted by Crippen LogP contribution is 2.36. The summed E-state index contributed by atoms with van der Waals surface area (Å²) >= 11 is 3.43. The van der Waals surface area contributed by atoms with Crippen LogP contribution in [0.25, 0.3) is 0 Å². The van der Waals surface area contributed by atoms with Crippen LogP contribution < -0.4 is 9.64 Å². The van der Waals surface area contributed by atoms with Crippen molar-refractivity contribution in [2.75, 3.05) is 11.4 Å². The van der Waals surface area contributed by atoms with Crippen LogP contribution >= 0.6 is 15.9 Å². The number of pyridine rings is 1. The molecule has 4 nitrogen and oxygen atoms in total. The summed E-state index contributed by atoms with van der Waals surface area (Å²) in [5.74, 6) is 0.691. The molecular weight excluding hydrogens is 320 g/mol. The van der Waals surface area contributed by atoms with E-state index >= 15 is 0 Å². The van der Waals surface area contributed by atoms with Crippen LogP contribution in [0.1, 0.15) is 17.3 Å². The van der Waals surface area contributed by atoms with E-state index in [1.165, 1.54) is 0 Å². The Balaban J connectivity index is 2.02. The zero-order chi connectivity index (χ0) is 14.1. The molecule has 1 aromatic carbocycles. The fourth-order valence-electron chi connectivity index (χ4n) is 2.25. The third-order valence-electron chi connectivity index (χ3n) is 3.15. The van der Waals surface area contributed by atoms with Gasteiger partial charge in [0.2, 0.25) is 0 Å². The van der Waals surface area contributed by atoms with Gasteiger partial charge < -0.3 is 9.64 Å². The fraction of sp³-hybridized carbons (Fsp3) is 0.200. The summed E-state index contributed by atoms with van der Waals surface area (Å²) in [5.41, 5.74) is 1.42. The van der Waals surface area contributed by atoms with Gasteiger partial charge in [0.1, 0.15) is 11.9 Å². The molecule has 5 heteroatoms. The number of hydrogen-bond acceptors (Lipinski definition) is 3. The highest BCUT2D eigenvalue weighted by atomic mass is 79.9. The summed E-state index contributed by atoms with van der Waals surface area (Å²) in [6.45, 7) is 2.49. The van der Waals surface area contributed by atoms with E-state index in [9.17, 15) is 4.79 Å². The smallest absolute Gasteiger partial charge is 0.258 e. The molecule has 0 bridgehead atoms. The molecule has 20 heavy (non-hydrogen) atoms. The number of carbonyl (C=O) groups is 1. The molecule has 0 spiro atoms. The minimum Gasteiger partial charge on any atom is -0.487 e. The zero-order valence-corrected chi connectivity index (χ0v) is 12.5. The van der Waals surface area contributed by atoms with Crippen LogP contribution in [0.5, 0.6) is 5.75 Å². The monoisotopic (exact) mass is 332 g/mol. The van der Waals surface area contributed by atoms with E-state index in [4.69, 9.17) is 4.74 Å². The van der Waals surface area contributed by atoms with E-state index in [2.05, 4.69) is 20.9 Å². The van der Waals surface area contributed by atoms with Crippen molar-refractivity contribution in [3.63, 3.8) is 0 Å². The zero-order valence-electron chi connectivity index (χ0n) is 10.9. The average Bonchev–Trinajstić information content (AvgIpc) is 2.47. The molecule has 2 aromatic rings. The molecule has 1 atom stereocenters. The van der Waals surface area contributed by atoms with E-state index in [1.54, 1.807) is 29.4 Å². The van der Waals surface area contributed by atoms with Gasteiger partial charge in [-0.3, -0.25) is 9.78 Å². The van der Waals surface area contributed by atoms with Gasteiger partial charge in [0.25, 0.3) is 5.91 Å². The predicted octanol–water partition coefficient (Wildman–Crippen LogP) is 3.27. The highest BCUT2D eigenvalue weighted by molar-refractivity contribution is 9.10. The first-order chi connectivity index (χ1) is 9.65. The van der Waals surface area contributed by atoms with Crippen molar-refractivity contribution < 1.29 is 9.53 Å². The quantitative estimate of drug-likeness (QED) is 0.804. The first-order valence-electron chi connectivity index (χ1n) is 6.33. The van der Waals surface area contributed by atoms with Gasteiger partial charge >= 0.3 is 0 Å². The molecule has 2 heterocycles. The van der Waals surface area contributed by atoms with Gasteiger partial charge in [0.15, 0.2) is 0 Å². The second kappa shape index (κ2) is 5.25. The lowest BCUT2D eigenvalue weighted by molar-refractivity contribution is 0.0961. The molecule has 0 saturated carbocycles. The van der Waals surface area contributed by atoms with Crippen molar-refractivity contribution in [3.05, 3.63) is 52.8 Å². The molecule has 102 valence electrons. The molecule has 1 aromatic heterocycles. The molecule has 0 fully saturated rings. The maximum Gasteiger partial charge on any atom is 0.258 e. The molecule has 0 unspecified atom stereocenters. The molecule has 0 saturated heterocycles. The van der Waals surface area contributed by atoms with Crippen molar-refractivity contribution in [3.8, 4) is 5.75 Å². The third-order valence-corrected chi connectivity index (χ3v) is 3.65. The van der Waals surface area contributed by atoms with E-state index in [-0.39, 0.29) is 12.0 Å². The lowest BCUT2D eigenvalue weighted by Gasteiger charge is -2.33. The van der Waals surface area contributed by atoms with Crippen molar-refractivity contribution in [1.29, 1.82) is 0 Å². The number of hydrogen-bond donors (Lipinski definition) is 0. The molecule has 1 amide bonds. The first-order valence-corrected chi connectivity index (χ1v) is 7.12. The number of benzene rings is 1. The summed E-state index contributed by atoms with van der Waals surface area (Å²) in [6.07, 6.45) is 3.21. The second-order valence-corrected chi connectivity index (χ2v) is 5.61. The van der Waals surface area contributed by atoms with Gasteiger partial charge in [-0.25, -0.2) is 0 Å². The largest absolute Gasteiger partial charge is 0.487 e. The van der Waals surface area contributed by atoms with Crippen molar-refractivity contribution in [1.82, 2.24) is 4.98 Å². The number of aromatic nitrogens is 1. The van der Waals surface area contributed by atoms with Crippen LogP contribution in [0.4, 0.5) is 5.69 Å². The Morgan fingerprint density at radius 2 is 2.10 bits per heavy atom. The number of ether oxygens (including phenoxy) is 1. The Morgan fingerprint density at radius 1 is 1.35 bits per heavy atom. The van der Waals surface area contributed by atoms with Crippen LogP contribution in [-0.4, -0.2) is 23.5 Å². The van der Waals surface area contributed by atoms with Crippen molar-refractivity contribution in [2.45, 2.75) is 13.0 Å². The van der Waals surface area contributed by atoms with Crippen LogP contribution in [0.15, 0.2) is 47.2 Å². The van der Waals surface area contributed by atoms with E-state index in [1.807, 2.05) is 25.1 Å². The van der Waals surface area contributed by atoms with Gasteiger partial charge in [-0.15, -0.1) is 0 Å². The summed E-state index contributed by atoms with van der Waals surface area (Å²) in [6, 6.07) is 9.13. The summed E-state index contributed by atoms with van der Waals surface area (Å²) in [5, 5.41) is 0. The number of rotatable bonds is 1. The standard InChI is InChI=1S/C15H13BrN2O2/c1-10-9-18(15(19)11-4-6-17-7-5-11)13-8-12(16)2-3-14(13)20-10/h2-8,10H,9H2,1H3/t10-/m1/s1. The Bertz CT molecular complexity index is 646. The predicted molar refractivity (Wildman–Crippen MR) is 80.1 cm³/mol. The Kier molecular flexibility index (Phi) is 3.44. The van der Waals surface area contributed by atoms with E-state index in [0.29, 0.717) is 12.1 Å². The molecule has 3 rings (SSSR count). The minimum absolute atomic E-state index is 0.0329. The SMILES string of the molecule is C[C@@H]1CN(C(=O)c2ccncc2)c2cc(Br)ccc2O1. The first kappa shape index (κ1) is 13.1. The number of halogens is 1. The van der Waals surface area contributed by atoms with Gasteiger partial charge in [-0.1, -0.05) is 15.9 Å². The van der Waals surface area contributed by atoms with E-state index < -0.39 is 0 Å². The summed E-state index contributed by atoms with van der Waals surface area (Å²) < 4.78 is 6.69. The summed E-state index contributed by atoms with van der Waals surface area (Å²) in [4.78, 5) is 18.3. The van der Waals surface area contributed by atoms with Crippen LogP contribution in [0.2, 0.25) is 0 Å². The number of anilines is 1. The van der Waals surface area contributed by atoms with Gasteiger partial charge in [0.05, 0.1) is 12.2 Å². The number of amides is 1. The van der Waals surface area contributed by atoms with E-state index in [0.717, 1.165) is 15.9 Å². The molecule has 1 aliphatic heterocycles.